The van der Waals surface area contributed by atoms with Gasteiger partial charge in [-0.3, -0.25) is 4.90 Å². The number of hydrogen-bond acceptors (Lipinski definition) is 4. The van der Waals surface area contributed by atoms with Crippen molar-refractivity contribution in [2.24, 2.45) is 5.92 Å². The minimum absolute atomic E-state index is 0.184. The Bertz CT molecular complexity index is 1000. The van der Waals surface area contributed by atoms with Crippen molar-refractivity contribution in [2.45, 2.75) is 25.8 Å². The number of hydrogen-bond donors (Lipinski definition) is 0. The summed E-state index contributed by atoms with van der Waals surface area (Å²) in [7, 11) is 1.60. The first-order chi connectivity index (χ1) is 13.6. The Labute approximate surface area is 163 Å². The number of methoxy groups -OCH3 is 1. The molecule has 2 heterocycles. The average molecular weight is 381 g/mol. The van der Waals surface area contributed by atoms with E-state index in [0.717, 1.165) is 49.8 Å². The second-order valence-electron chi connectivity index (χ2n) is 7.50. The SMILES string of the molecule is COc1ccc2c(CN3CCC(Cc4ccc(F)cc4)CC3)cc(=O)oc2c1. The van der Waals surface area contributed by atoms with Crippen LogP contribution in [0.15, 0.2) is 57.7 Å². The molecule has 0 radical (unpaired) electrons. The van der Waals surface area contributed by atoms with Crippen molar-refractivity contribution in [1.29, 1.82) is 0 Å². The Morgan fingerprint density at radius 1 is 1.11 bits per heavy atom. The van der Waals surface area contributed by atoms with Crippen molar-refractivity contribution < 1.29 is 13.5 Å². The lowest BCUT2D eigenvalue weighted by Crippen LogP contribution is -2.34. The summed E-state index contributed by atoms with van der Waals surface area (Å²) in [6, 6.07) is 14.0. The van der Waals surface area contributed by atoms with E-state index in [9.17, 15) is 9.18 Å². The van der Waals surface area contributed by atoms with Gasteiger partial charge in [0, 0.05) is 24.1 Å². The molecule has 0 amide bonds. The van der Waals surface area contributed by atoms with Gasteiger partial charge in [-0.05, 0) is 73.7 Å². The standard InChI is InChI=1S/C23H24FNO3/c1-27-20-6-7-21-18(13-23(26)28-22(21)14-20)15-25-10-8-17(9-11-25)12-16-2-4-19(24)5-3-16/h2-7,13-14,17H,8-12,15H2,1H3. The van der Waals surface area contributed by atoms with Crippen LogP contribution in [0.2, 0.25) is 0 Å². The lowest BCUT2D eigenvalue weighted by molar-refractivity contribution is 0.177. The first-order valence-electron chi connectivity index (χ1n) is 9.68. The molecular formula is C23H24FNO3. The molecule has 1 saturated heterocycles. The smallest absolute Gasteiger partial charge is 0.336 e. The van der Waals surface area contributed by atoms with Crippen LogP contribution in [0.1, 0.15) is 24.0 Å². The minimum atomic E-state index is -0.332. The zero-order valence-electron chi connectivity index (χ0n) is 16.0. The summed E-state index contributed by atoms with van der Waals surface area (Å²) in [4.78, 5) is 14.4. The molecule has 5 heteroatoms. The van der Waals surface area contributed by atoms with Gasteiger partial charge in [0.05, 0.1) is 7.11 Å². The maximum atomic E-state index is 13.1. The fourth-order valence-corrected chi connectivity index (χ4v) is 4.01. The number of benzene rings is 2. The second kappa shape index (κ2) is 8.15. The van der Waals surface area contributed by atoms with Crippen LogP contribution in [0.25, 0.3) is 11.0 Å². The van der Waals surface area contributed by atoms with Gasteiger partial charge in [0.25, 0.3) is 0 Å². The molecule has 1 aliphatic rings. The van der Waals surface area contributed by atoms with Gasteiger partial charge in [-0.25, -0.2) is 9.18 Å². The lowest BCUT2D eigenvalue weighted by Gasteiger charge is -2.32. The van der Waals surface area contributed by atoms with Gasteiger partial charge in [-0.1, -0.05) is 12.1 Å². The largest absolute Gasteiger partial charge is 0.497 e. The molecule has 3 aromatic rings. The van der Waals surface area contributed by atoms with E-state index in [0.29, 0.717) is 17.3 Å². The third-order valence-corrected chi connectivity index (χ3v) is 5.58. The third-order valence-electron chi connectivity index (χ3n) is 5.58. The van der Waals surface area contributed by atoms with Crippen molar-refractivity contribution in [3.8, 4) is 5.75 Å². The van der Waals surface area contributed by atoms with Crippen molar-refractivity contribution in [1.82, 2.24) is 4.90 Å². The van der Waals surface area contributed by atoms with Gasteiger partial charge >= 0.3 is 5.63 Å². The average Bonchev–Trinajstić information content (AvgIpc) is 2.70. The summed E-state index contributed by atoms with van der Waals surface area (Å²) < 4.78 is 23.6. The van der Waals surface area contributed by atoms with Gasteiger partial charge in [0.1, 0.15) is 17.1 Å². The maximum Gasteiger partial charge on any atom is 0.336 e. The van der Waals surface area contributed by atoms with Crippen molar-refractivity contribution in [2.75, 3.05) is 20.2 Å². The first-order valence-corrected chi connectivity index (χ1v) is 9.68. The number of halogens is 1. The maximum absolute atomic E-state index is 13.1. The van der Waals surface area contributed by atoms with E-state index in [2.05, 4.69) is 4.90 Å². The van der Waals surface area contributed by atoms with Crippen molar-refractivity contribution in [3.63, 3.8) is 0 Å². The molecule has 1 aromatic heterocycles. The molecule has 0 saturated carbocycles. The molecule has 1 aliphatic heterocycles. The fourth-order valence-electron chi connectivity index (χ4n) is 4.01. The van der Waals surface area contributed by atoms with E-state index >= 15 is 0 Å². The number of rotatable bonds is 5. The van der Waals surface area contributed by atoms with Crippen LogP contribution < -0.4 is 10.4 Å². The zero-order valence-corrected chi connectivity index (χ0v) is 16.0. The molecule has 4 nitrogen and oxygen atoms in total. The monoisotopic (exact) mass is 381 g/mol. The molecule has 0 atom stereocenters. The van der Waals surface area contributed by atoms with Gasteiger partial charge < -0.3 is 9.15 Å². The number of fused-ring (bicyclic) bond motifs is 1. The highest BCUT2D eigenvalue weighted by atomic mass is 19.1. The summed E-state index contributed by atoms with van der Waals surface area (Å²) in [5, 5.41) is 0.953. The molecule has 0 N–H and O–H groups in total. The summed E-state index contributed by atoms with van der Waals surface area (Å²) in [5.41, 5.74) is 2.42. The number of likely N-dealkylation sites (tertiary alicyclic amines) is 1. The molecule has 1 fully saturated rings. The fraction of sp³-hybridized carbons (Fsp3) is 0.348. The van der Waals surface area contributed by atoms with E-state index in [-0.39, 0.29) is 11.4 Å². The Morgan fingerprint density at radius 3 is 2.57 bits per heavy atom. The molecule has 146 valence electrons. The Kier molecular flexibility index (Phi) is 5.44. The van der Waals surface area contributed by atoms with Crippen LogP contribution in [0, 0.1) is 11.7 Å². The third kappa shape index (κ3) is 4.25. The van der Waals surface area contributed by atoms with Crippen LogP contribution in [-0.2, 0) is 13.0 Å². The van der Waals surface area contributed by atoms with Crippen molar-refractivity contribution >= 4 is 11.0 Å². The van der Waals surface area contributed by atoms with E-state index in [1.165, 1.54) is 17.7 Å². The molecule has 2 aromatic carbocycles. The highest BCUT2D eigenvalue weighted by molar-refractivity contribution is 5.81. The van der Waals surface area contributed by atoms with E-state index in [1.807, 2.05) is 24.3 Å². The number of nitrogens with zero attached hydrogens (tertiary/aromatic N) is 1. The Balaban J connectivity index is 1.42. The second-order valence-corrected chi connectivity index (χ2v) is 7.50. The highest BCUT2D eigenvalue weighted by Crippen LogP contribution is 2.26. The lowest BCUT2D eigenvalue weighted by atomic mass is 9.90. The number of piperidine rings is 1. The first kappa shape index (κ1) is 18.7. The normalized spacial score (nSPS) is 15.8. The molecule has 28 heavy (non-hydrogen) atoms. The van der Waals surface area contributed by atoms with Gasteiger partial charge in [-0.2, -0.15) is 0 Å². The van der Waals surface area contributed by atoms with E-state index in [1.54, 1.807) is 19.2 Å². The van der Waals surface area contributed by atoms with Crippen LogP contribution >= 0.6 is 0 Å². The minimum Gasteiger partial charge on any atom is -0.497 e. The highest BCUT2D eigenvalue weighted by Gasteiger charge is 2.20. The molecule has 4 rings (SSSR count). The zero-order chi connectivity index (χ0) is 19.5. The summed E-state index contributed by atoms with van der Waals surface area (Å²) >= 11 is 0. The van der Waals surface area contributed by atoms with Gasteiger partial charge in [0.2, 0.25) is 0 Å². The summed E-state index contributed by atoms with van der Waals surface area (Å²) in [6.07, 6.45) is 3.20. The van der Waals surface area contributed by atoms with Gasteiger partial charge in [0.15, 0.2) is 0 Å². The van der Waals surface area contributed by atoms with Crippen LogP contribution in [0.3, 0.4) is 0 Å². The molecule has 0 bridgehead atoms. The van der Waals surface area contributed by atoms with E-state index in [4.69, 9.17) is 9.15 Å². The van der Waals surface area contributed by atoms with Crippen LogP contribution in [0.5, 0.6) is 5.75 Å². The van der Waals surface area contributed by atoms with Crippen molar-refractivity contribution in [3.05, 3.63) is 75.9 Å². The van der Waals surface area contributed by atoms with Crippen LogP contribution in [0.4, 0.5) is 4.39 Å². The Hall–Kier alpha value is -2.66. The predicted octanol–water partition coefficient (Wildman–Crippen LogP) is 4.40. The quantitative estimate of drug-likeness (QED) is 0.615. The van der Waals surface area contributed by atoms with E-state index < -0.39 is 0 Å². The van der Waals surface area contributed by atoms with Crippen LogP contribution in [-0.4, -0.2) is 25.1 Å². The van der Waals surface area contributed by atoms with Gasteiger partial charge in [-0.15, -0.1) is 0 Å². The molecular weight excluding hydrogens is 357 g/mol. The summed E-state index contributed by atoms with van der Waals surface area (Å²) in [5.74, 6) is 1.11. The molecule has 0 spiro atoms. The Morgan fingerprint density at radius 2 is 1.86 bits per heavy atom. The molecule has 0 unspecified atom stereocenters. The topological polar surface area (TPSA) is 42.7 Å². The number of ether oxygens (including phenoxy) is 1. The molecule has 0 aliphatic carbocycles. The predicted molar refractivity (Wildman–Crippen MR) is 107 cm³/mol. The summed E-state index contributed by atoms with van der Waals surface area (Å²) in [6.45, 7) is 2.71.